The van der Waals surface area contributed by atoms with Crippen LogP contribution in [-0.2, 0) is 7.05 Å². The van der Waals surface area contributed by atoms with E-state index in [1.165, 1.54) is 11.0 Å². The molecule has 0 radical (unpaired) electrons. The van der Waals surface area contributed by atoms with Crippen LogP contribution in [0, 0.1) is 0 Å². The fraction of sp³-hybridized carbons (Fsp3) is 0.167. The first-order valence-corrected chi connectivity index (χ1v) is 3.92. The lowest BCUT2D eigenvalue weighted by molar-refractivity contribution is 0.101. The van der Waals surface area contributed by atoms with Crippen molar-refractivity contribution in [3.63, 3.8) is 0 Å². The lowest BCUT2D eigenvalue weighted by atomic mass is 10.4. The number of hydrogen-bond acceptors (Lipinski definition) is 7. The summed E-state index contributed by atoms with van der Waals surface area (Å²) in [5, 5.41) is 12.8. The molecule has 78 valence electrons. The Kier molecular flexibility index (Phi) is 2.04. The normalized spacial score (nSPS) is 10.2. The third-order valence-corrected chi connectivity index (χ3v) is 1.67. The monoisotopic (exact) mass is 209 g/mol. The van der Waals surface area contributed by atoms with Crippen LogP contribution in [-0.4, -0.2) is 31.0 Å². The Balaban J connectivity index is 2.18. The van der Waals surface area contributed by atoms with Gasteiger partial charge in [-0.3, -0.25) is 10.1 Å². The van der Waals surface area contributed by atoms with Gasteiger partial charge in [0.25, 0.3) is 5.91 Å². The summed E-state index contributed by atoms with van der Waals surface area (Å²) >= 11 is 0. The Hall–Kier alpha value is -2.45. The van der Waals surface area contributed by atoms with Crippen molar-refractivity contribution in [1.29, 1.82) is 0 Å². The molecule has 1 amide bonds. The predicted molar refractivity (Wildman–Crippen MR) is 47.7 cm³/mol. The zero-order valence-electron chi connectivity index (χ0n) is 7.71. The highest BCUT2D eigenvalue weighted by Gasteiger charge is 2.17. The number of anilines is 2. The lowest BCUT2D eigenvalue weighted by Gasteiger charge is -2.00. The van der Waals surface area contributed by atoms with Gasteiger partial charge < -0.3 is 5.73 Å². The second-order valence-electron chi connectivity index (χ2n) is 2.66. The zero-order valence-corrected chi connectivity index (χ0v) is 7.71. The van der Waals surface area contributed by atoms with Crippen LogP contribution in [0.4, 0.5) is 11.8 Å². The summed E-state index contributed by atoms with van der Waals surface area (Å²) in [6.07, 6.45) is 1.31. The van der Waals surface area contributed by atoms with Crippen LogP contribution in [0.5, 0.6) is 0 Å². The maximum Gasteiger partial charge on any atom is 0.284 e. The molecule has 0 saturated heterocycles. The number of hydrogen-bond donors (Lipinski definition) is 2. The first-order chi connectivity index (χ1) is 7.18. The number of nitrogens with two attached hydrogens (primary N) is 1. The van der Waals surface area contributed by atoms with Crippen LogP contribution >= 0.6 is 0 Å². The highest BCUT2D eigenvalue weighted by atomic mass is 16.6. The van der Waals surface area contributed by atoms with E-state index in [1.54, 1.807) is 7.05 Å². The minimum Gasteiger partial charge on any atom is -0.379 e. The van der Waals surface area contributed by atoms with E-state index in [4.69, 9.17) is 5.73 Å². The van der Waals surface area contributed by atoms with Crippen LogP contribution in [0.15, 0.2) is 11.0 Å². The Bertz CT molecular complexity index is 487. The SMILES string of the molecule is Cn1ncnc1NC(=O)c1nonc1N. The van der Waals surface area contributed by atoms with Crippen molar-refractivity contribution in [3.8, 4) is 0 Å². The van der Waals surface area contributed by atoms with Crippen molar-refractivity contribution >= 4 is 17.7 Å². The fourth-order valence-corrected chi connectivity index (χ4v) is 0.923. The van der Waals surface area contributed by atoms with E-state index in [0.29, 0.717) is 0 Å². The highest BCUT2D eigenvalue weighted by Crippen LogP contribution is 2.07. The standard InChI is InChI=1S/C6H7N7O2/c1-13-6(8-2-9-13)10-5(14)3-4(7)12-15-11-3/h2H,1H3,(H2,7,12)(H,8,9,10,14). The van der Waals surface area contributed by atoms with Crippen LogP contribution in [0.25, 0.3) is 0 Å². The van der Waals surface area contributed by atoms with E-state index in [2.05, 4.69) is 30.3 Å². The summed E-state index contributed by atoms with van der Waals surface area (Å²) in [6.45, 7) is 0. The number of nitrogen functional groups attached to an aromatic ring is 1. The largest absolute Gasteiger partial charge is 0.379 e. The number of amides is 1. The molecular weight excluding hydrogens is 202 g/mol. The first kappa shape index (κ1) is 9.12. The van der Waals surface area contributed by atoms with Gasteiger partial charge in [0.2, 0.25) is 17.5 Å². The molecule has 0 fully saturated rings. The third kappa shape index (κ3) is 1.61. The molecule has 9 nitrogen and oxygen atoms in total. The number of carbonyl (C=O) groups excluding carboxylic acids is 1. The van der Waals surface area contributed by atoms with Gasteiger partial charge in [-0.15, -0.1) is 0 Å². The molecule has 2 rings (SSSR count). The predicted octanol–water partition coefficient (Wildman–Crippen LogP) is -0.967. The molecule has 2 heterocycles. The number of nitrogens with one attached hydrogen (secondary N) is 1. The van der Waals surface area contributed by atoms with Crippen LogP contribution in [0.1, 0.15) is 10.5 Å². The number of carbonyl (C=O) groups is 1. The third-order valence-electron chi connectivity index (χ3n) is 1.67. The molecule has 3 N–H and O–H groups in total. The average molecular weight is 209 g/mol. The van der Waals surface area contributed by atoms with Gasteiger partial charge in [-0.25, -0.2) is 9.31 Å². The van der Waals surface area contributed by atoms with Gasteiger partial charge in [-0.05, 0) is 10.3 Å². The molecule has 0 aliphatic heterocycles. The highest BCUT2D eigenvalue weighted by molar-refractivity contribution is 6.04. The molecule has 0 atom stereocenters. The quantitative estimate of drug-likeness (QED) is 0.651. The molecular formula is C6H7N7O2. The molecule has 2 aromatic heterocycles. The van der Waals surface area contributed by atoms with Gasteiger partial charge in [-0.1, -0.05) is 0 Å². The van der Waals surface area contributed by atoms with E-state index in [-0.39, 0.29) is 17.5 Å². The molecule has 0 aromatic carbocycles. The van der Waals surface area contributed by atoms with E-state index >= 15 is 0 Å². The Morgan fingerprint density at radius 2 is 2.40 bits per heavy atom. The average Bonchev–Trinajstić information content (AvgIpc) is 2.76. The van der Waals surface area contributed by atoms with Crippen molar-refractivity contribution in [1.82, 2.24) is 25.1 Å². The second kappa shape index (κ2) is 3.36. The van der Waals surface area contributed by atoms with E-state index in [1.807, 2.05) is 0 Å². The number of rotatable bonds is 2. The summed E-state index contributed by atoms with van der Waals surface area (Å²) in [4.78, 5) is 15.3. The number of nitrogens with zero attached hydrogens (tertiary/aromatic N) is 5. The van der Waals surface area contributed by atoms with Crippen molar-refractivity contribution < 1.29 is 9.42 Å². The van der Waals surface area contributed by atoms with Gasteiger partial charge in [0, 0.05) is 7.05 Å². The van der Waals surface area contributed by atoms with E-state index < -0.39 is 5.91 Å². The summed E-state index contributed by atoms with van der Waals surface area (Å²) in [7, 11) is 1.63. The molecule has 9 heteroatoms. The molecule has 0 spiro atoms. The number of aryl methyl sites for hydroxylation is 1. The Morgan fingerprint density at radius 3 is 2.93 bits per heavy atom. The van der Waals surface area contributed by atoms with Crippen LogP contribution in [0.2, 0.25) is 0 Å². The van der Waals surface area contributed by atoms with Crippen molar-refractivity contribution in [3.05, 3.63) is 12.0 Å². The zero-order chi connectivity index (χ0) is 10.8. The molecule has 2 aromatic rings. The van der Waals surface area contributed by atoms with E-state index in [0.717, 1.165) is 0 Å². The number of aromatic nitrogens is 5. The van der Waals surface area contributed by atoms with Gasteiger partial charge in [0.1, 0.15) is 6.33 Å². The molecule has 0 unspecified atom stereocenters. The van der Waals surface area contributed by atoms with Gasteiger partial charge in [0.15, 0.2) is 0 Å². The summed E-state index contributed by atoms with van der Waals surface area (Å²) in [5.41, 5.74) is 5.25. The van der Waals surface area contributed by atoms with Gasteiger partial charge >= 0.3 is 0 Å². The minimum absolute atomic E-state index is 0.0744. The summed E-state index contributed by atoms with van der Waals surface area (Å²) < 4.78 is 5.68. The second-order valence-corrected chi connectivity index (χ2v) is 2.66. The fourth-order valence-electron chi connectivity index (χ4n) is 0.923. The van der Waals surface area contributed by atoms with Gasteiger partial charge in [0.05, 0.1) is 0 Å². The van der Waals surface area contributed by atoms with Crippen molar-refractivity contribution in [2.45, 2.75) is 0 Å². The maximum absolute atomic E-state index is 11.5. The van der Waals surface area contributed by atoms with Crippen LogP contribution in [0.3, 0.4) is 0 Å². The lowest BCUT2D eigenvalue weighted by Crippen LogP contribution is -2.17. The smallest absolute Gasteiger partial charge is 0.284 e. The van der Waals surface area contributed by atoms with E-state index in [9.17, 15) is 4.79 Å². The van der Waals surface area contributed by atoms with Gasteiger partial charge in [-0.2, -0.15) is 10.1 Å². The molecule has 0 aliphatic rings. The maximum atomic E-state index is 11.5. The Morgan fingerprint density at radius 1 is 1.60 bits per heavy atom. The molecule has 0 aliphatic carbocycles. The molecule has 15 heavy (non-hydrogen) atoms. The molecule has 0 saturated carbocycles. The van der Waals surface area contributed by atoms with Crippen molar-refractivity contribution in [2.24, 2.45) is 7.05 Å². The Labute approximate surface area is 83.2 Å². The van der Waals surface area contributed by atoms with Crippen LogP contribution < -0.4 is 11.1 Å². The summed E-state index contributed by atoms with van der Waals surface area (Å²) in [5.74, 6) is -0.345. The first-order valence-electron chi connectivity index (χ1n) is 3.92. The topological polar surface area (TPSA) is 125 Å². The summed E-state index contributed by atoms with van der Waals surface area (Å²) in [6, 6.07) is 0. The van der Waals surface area contributed by atoms with Crippen molar-refractivity contribution in [2.75, 3.05) is 11.1 Å². The molecule has 0 bridgehead atoms. The minimum atomic E-state index is -0.551.